The molecule has 1 unspecified atom stereocenters. The molecule has 0 saturated heterocycles. The van der Waals surface area contributed by atoms with Crippen molar-refractivity contribution in [3.8, 4) is 0 Å². The number of benzene rings is 2. The fourth-order valence-corrected chi connectivity index (χ4v) is 6.79. The average Bonchev–Trinajstić information content (AvgIpc) is 3.35. The molecule has 0 aliphatic heterocycles. The molecule has 2 aromatic carbocycles. The van der Waals surface area contributed by atoms with Gasteiger partial charge < -0.3 is 26.2 Å². The Hall–Kier alpha value is -4.70. The summed E-state index contributed by atoms with van der Waals surface area (Å²) < 4.78 is 23.5. The zero-order valence-corrected chi connectivity index (χ0v) is 30.4. The van der Waals surface area contributed by atoms with Crippen LogP contribution in [-0.4, -0.2) is 70.1 Å². The Labute approximate surface area is 290 Å². The molecule has 0 spiro atoms. The van der Waals surface area contributed by atoms with E-state index >= 15 is 0 Å². The van der Waals surface area contributed by atoms with E-state index in [1.165, 1.54) is 19.1 Å². The fourth-order valence-electron chi connectivity index (χ4n) is 5.19. The van der Waals surface area contributed by atoms with Crippen molar-refractivity contribution in [2.45, 2.75) is 84.1 Å². The Kier molecular flexibility index (Phi) is 11.7. The summed E-state index contributed by atoms with van der Waals surface area (Å²) in [7, 11) is -3.35. The highest BCUT2D eigenvalue weighted by Crippen LogP contribution is 2.39. The minimum Gasteiger partial charge on any atom is -0.465 e. The van der Waals surface area contributed by atoms with Crippen molar-refractivity contribution in [3.63, 3.8) is 0 Å². The normalized spacial score (nSPS) is 13.1. The van der Waals surface area contributed by atoms with Gasteiger partial charge in [-0.15, -0.1) is 0 Å². The number of amides is 4. The van der Waals surface area contributed by atoms with Crippen LogP contribution in [0.25, 0.3) is 0 Å². The molecular weight excluding hydrogens is 673 g/mol. The van der Waals surface area contributed by atoms with E-state index < -0.39 is 44.7 Å². The van der Waals surface area contributed by atoms with E-state index in [1.807, 2.05) is 0 Å². The molecule has 4 amide bonds. The monoisotopic (exact) mass is 716 g/mol. The first-order valence-electron chi connectivity index (χ1n) is 15.3. The minimum absolute atomic E-state index is 0.144. The molecule has 0 radical (unpaired) electrons. The molecule has 14 nitrogen and oxygen atoms in total. The minimum atomic E-state index is -3.35. The van der Waals surface area contributed by atoms with Gasteiger partial charge in [0.1, 0.15) is 4.88 Å². The number of thiazole rings is 1. The van der Waals surface area contributed by atoms with Crippen LogP contribution in [0.1, 0.15) is 75.0 Å². The van der Waals surface area contributed by atoms with Gasteiger partial charge in [0.05, 0.1) is 10.6 Å². The quantitative estimate of drug-likeness (QED) is 0.132. The molecule has 3 rings (SSSR count). The average molecular weight is 717 g/mol. The van der Waals surface area contributed by atoms with E-state index in [1.54, 1.807) is 77.9 Å². The molecule has 49 heavy (non-hydrogen) atoms. The van der Waals surface area contributed by atoms with Gasteiger partial charge in [-0.1, -0.05) is 56.4 Å². The van der Waals surface area contributed by atoms with Gasteiger partial charge in [-0.05, 0) is 69.0 Å². The number of nitrogens with one attached hydrogen (secondary N) is 4. The smallest absolute Gasteiger partial charge is 0.411 e. The molecule has 1 heterocycles. The van der Waals surface area contributed by atoms with E-state index in [0.717, 1.165) is 28.1 Å². The van der Waals surface area contributed by atoms with E-state index in [4.69, 9.17) is 0 Å². The maximum atomic E-state index is 13.2. The van der Waals surface area contributed by atoms with Crippen LogP contribution in [0.5, 0.6) is 0 Å². The number of aryl methyl sites for hydroxylation is 2. The van der Waals surface area contributed by atoms with Gasteiger partial charge in [-0.2, -0.15) is 0 Å². The summed E-state index contributed by atoms with van der Waals surface area (Å²) in [5.41, 5.74) is 0.545. The summed E-state index contributed by atoms with van der Waals surface area (Å²) in [6, 6.07) is 13.2. The lowest BCUT2D eigenvalue weighted by Crippen LogP contribution is -2.76. The molecular formula is C33H44N6O8S2. The second kappa shape index (κ2) is 14.8. The molecule has 0 aliphatic rings. The summed E-state index contributed by atoms with van der Waals surface area (Å²) in [6.45, 7) is 11.7. The van der Waals surface area contributed by atoms with Crippen molar-refractivity contribution < 1.29 is 37.8 Å². The number of hydrogen-bond acceptors (Lipinski definition) is 9. The van der Waals surface area contributed by atoms with Gasteiger partial charge in [-0.25, -0.2) is 23.0 Å². The number of carbonyl (C=O) groups is 4. The largest absolute Gasteiger partial charge is 0.465 e. The van der Waals surface area contributed by atoms with Crippen molar-refractivity contribution in [2.24, 2.45) is 5.41 Å². The SMILES string of the molecule is CC(=O)Nc1nc(CCc2ccc(NC(NC(=O)O)(N(C(=O)O)C(C)(C)C)C(C)(C)C)cc2)c(C(=O)NCc2ccc(S(C)(=O)=O)cc2)s1. The summed E-state index contributed by atoms with van der Waals surface area (Å²) in [5.74, 6) is -2.50. The van der Waals surface area contributed by atoms with Crippen molar-refractivity contribution in [1.82, 2.24) is 20.5 Å². The number of sulfone groups is 1. The van der Waals surface area contributed by atoms with Crippen LogP contribution in [0.4, 0.5) is 20.4 Å². The predicted molar refractivity (Wildman–Crippen MR) is 188 cm³/mol. The molecule has 3 aromatic rings. The molecule has 0 fully saturated rings. The fraction of sp³-hybridized carbons (Fsp3) is 0.424. The number of carboxylic acid groups (broad SMARTS) is 2. The first-order valence-corrected chi connectivity index (χ1v) is 18.0. The Morgan fingerprint density at radius 2 is 1.45 bits per heavy atom. The van der Waals surface area contributed by atoms with E-state index in [0.29, 0.717) is 34.7 Å². The Balaban J connectivity index is 1.83. The van der Waals surface area contributed by atoms with Crippen LogP contribution in [0.3, 0.4) is 0 Å². The van der Waals surface area contributed by atoms with Gasteiger partial charge in [0.25, 0.3) is 5.91 Å². The van der Waals surface area contributed by atoms with E-state index in [2.05, 4.69) is 26.3 Å². The molecule has 266 valence electrons. The van der Waals surface area contributed by atoms with E-state index in [9.17, 15) is 37.8 Å². The lowest BCUT2D eigenvalue weighted by Gasteiger charge is -2.55. The molecule has 0 saturated carbocycles. The first-order chi connectivity index (χ1) is 22.5. The molecule has 0 bridgehead atoms. The van der Waals surface area contributed by atoms with Crippen LogP contribution < -0.4 is 21.3 Å². The highest BCUT2D eigenvalue weighted by atomic mass is 32.2. The maximum absolute atomic E-state index is 13.2. The van der Waals surface area contributed by atoms with Crippen LogP contribution >= 0.6 is 11.3 Å². The summed E-state index contributed by atoms with van der Waals surface area (Å²) in [6.07, 6.45) is -0.795. The number of aromatic nitrogens is 1. The van der Waals surface area contributed by atoms with Gasteiger partial charge >= 0.3 is 12.2 Å². The van der Waals surface area contributed by atoms with Gasteiger partial charge in [0, 0.05) is 36.4 Å². The number of hydrogen-bond donors (Lipinski definition) is 6. The zero-order valence-electron chi connectivity index (χ0n) is 28.8. The van der Waals surface area contributed by atoms with Crippen molar-refractivity contribution in [1.29, 1.82) is 0 Å². The van der Waals surface area contributed by atoms with Crippen LogP contribution in [0.15, 0.2) is 53.4 Å². The highest BCUT2D eigenvalue weighted by Gasteiger charge is 2.54. The molecule has 1 aromatic heterocycles. The Morgan fingerprint density at radius 3 is 1.92 bits per heavy atom. The van der Waals surface area contributed by atoms with Crippen molar-refractivity contribution >= 4 is 56.0 Å². The second-order valence-electron chi connectivity index (χ2n) is 13.6. The van der Waals surface area contributed by atoms with Crippen LogP contribution in [0, 0.1) is 5.41 Å². The number of anilines is 2. The van der Waals surface area contributed by atoms with Crippen LogP contribution in [-0.2, 0) is 34.0 Å². The topological polar surface area (TPSA) is 207 Å². The van der Waals surface area contributed by atoms with Gasteiger partial charge in [-0.3, -0.25) is 19.8 Å². The third-order valence-electron chi connectivity index (χ3n) is 7.49. The van der Waals surface area contributed by atoms with Crippen LogP contribution in [0.2, 0.25) is 0 Å². The maximum Gasteiger partial charge on any atom is 0.411 e. The number of nitrogens with zero attached hydrogens (tertiary/aromatic N) is 2. The predicted octanol–water partition coefficient (Wildman–Crippen LogP) is 5.38. The highest BCUT2D eigenvalue weighted by molar-refractivity contribution is 7.90. The zero-order chi connectivity index (χ0) is 36.9. The third kappa shape index (κ3) is 9.92. The summed E-state index contributed by atoms with van der Waals surface area (Å²) in [5, 5.41) is 31.4. The lowest BCUT2D eigenvalue weighted by atomic mass is 9.82. The Bertz CT molecular complexity index is 1790. The molecule has 0 aliphatic carbocycles. The Morgan fingerprint density at radius 1 is 0.878 bits per heavy atom. The third-order valence-corrected chi connectivity index (χ3v) is 9.63. The number of carbonyl (C=O) groups excluding carboxylic acids is 2. The standard InChI is InChI=1S/C33H44N6O8S2/c1-20(40)35-28-36-25(26(48-28)27(41)34-19-22-11-16-24(17-12-22)49(8,46)47)18-13-21-9-14-23(15-10-21)37-33(31(2,3)4,38-29(42)43)39(30(44)45)32(5,6)7/h9-12,14-17,37-38H,13,18-19H2,1-8H3,(H,34,41)(H,42,43)(H,44,45)(H,35,36,40). The second-order valence-corrected chi connectivity index (χ2v) is 16.6. The lowest BCUT2D eigenvalue weighted by molar-refractivity contribution is -0.114. The van der Waals surface area contributed by atoms with E-state index in [-0.39, 0.29) is 22.5 Å². The molecule has 16 heteroatoms. The number of rotatable bonds is 12. The molecule has 1 atom stereocenters. The van der Waals surface area contributed by atoms with Crippen molar-refractivity contribution in [2.75, 3.05) is 16.9 Å². The first kappa shape index (κ1) is 38.7. The molecule has 6 N–H and O–H groups in total. The van der Waals surface area contributed by atoms with Crippen molar-refractivity contribution in [3.05, 3.63) is 70.2 Å². The van der Waals surface area contributed by atoms with Gasteiger partial charge in [0.15, 0.2) is 15.0 Å². The van der Waals surface area contributed by atoms with Gasteiger partial charge in [0.2, 0.25) is 11.7 Å². The summed E-state index contributed by atoms with van der Waals surface area (Å²) in [4.78, 5) is 55.6. The summed E-state index contributed by atoms with van der Waals surface area (Å²) >= 11 is 1.04.